The van der Waals surface area contributed by atoms with E-state index in [0.717, 1.165) is 19.5 Å². The van der Waals surface area contributed by atoms with Gasteiger partial charge in [-0.15, -0.1) is 0 Å². The number of nitrogens with zero attached hydrogens (tertiary/aromatic N) is 1. The van der Waals surface area contributed by atoms with E-state index in [2.05, 4.69) is 31.0 Å². The Morgan fingerprint density at radius 2 is 1.60 bits per heavy atom. The van der Waals surface area contributed by atoms with Crippen LogP contribution in [-0.4, -0.2) is 32.1 Å². The van der Waals surface area contributed by atoms with E-state index in [4.69, 9.17) is 0 Å². The zero-order valence-corrected chi connectivity index (χ0v) is 12.7. The lowest BCUT2D eigenvalue weighted by atomic mass is 10.0. The Kier molecular flexibility index (Phi) is 11.2. The van der Waals surface area contributed by atoms with Crippen LogP contribution in [0.2, 0.25) is 0 Å². The Balaban J connectivity index is 0.00000172. The van der Waals surface area contributed by atoms with E-state index < -0.39 is 6.43 Å². The van der Waals surface area contributed by atoms with Gasteiger partial charge in [0.1, 0.15) is 0 Å². The second-order valence-electron chi connectivity index (χ2n) is 5.09. The highest BCUT2D eigenvalue weighted by molar-refractivity contribution is 5.14. The molecule has 1 aromatic rings. The Bertz CT molecular complexity index is 317. The molecule has 0 aliphatic heterocycles. The lowest BCUT2D eigenvalue weighted by molar-refractivity contribution is 0.127. The fourth-order valence-corrected chi connectivity index (χ4v) is 1.97. The highest BCUT2D eigenvalue weighted by atomic mass is 19.3. The van der Waals surface area contributed by atoms with Crippen LogP contribution >= 0.6 is 0 Å². The van der Waals surface area contributed by atoms with Crippen LogP contribution in [0.5, 0.6) is 0 Å². The van der Waals surface area contributed by atoms with Gasteiger partial charge in [0.05, 0.1) is 7.18 Å². The molecule has 0 aliphatic rings. The SMILES string of the molecule is CC(CCC(F)F)CCN(C)Cc1ccccc1.CF. The molecule has 0 amide bonds. The number of hydrogen-bond donors (Lipinski definition) is 0. The van der Waals surface area contributed by atoms with E-state index in [1.165, 1.54) is 5.56 Å². The van der Waals surface area contributed by atoms with Crippen molar-refractivity contribution in [1.29, 1.82) is 0 Å². The molecule has 1 rings (SSSR count). The highest BCUT2D eigenvalue weighted by Crippen LogP contribution is 2.15. The first kappa shape index (κ1) is 19.0. The van der Waals surface area contributed by atoms with Gasteiger partial charge in [-0.3, -0.25) is 4.39 Å². The van der Waals surface area contributed by atoms with Crippen molar-refractivity contribution >= 4 is 0 Å². The van der Waals surface area contributed by atoms with Gasteiger partial charge < -0.3 is 4.90 Å². The first-order valence-corrected chi connectivity index (χ1v) is 6.96. The topological polar surface area (TPSA) is 3.24 Å². The molecule has 0 saturated carbocycles. The summed E-state index contributed by atoms with van der Waals surface area (Å²) < 4.78 is 33.6. The molecule has 0 N–H and O–H groups in total. The van der Waals surface area contributed by atoms with Gasteiger partial charge >= 0.3 is 0 Å². The predicted octanol–water partition coefficient (Wildman–Crippen LogP) is 4.78. The van der Waals surface area contributed by atoms with Gasteiger partial charge in [0.25, 0.3) is 0 Å². The van der Waals surface area contributed by atoms with Gasteiger partial charge in [-0.05, 0) is 37.9 Å². The number of halogens is 3. The lowest BCUT2D eigenvalue weighted by Crippen LogP contribution is -2.20. The smallest absolute Gasteiger partial charge is 0.238 e. The maximum atomic E-state index is 12.1. The van der Waals surface area contributed by atoms with Crippen LogP contribution in [0.15, 0.2) is 30.3 Å². The molecule has 0 saturated heterocycles. The van der Waals surface area contributed by atoms with E-state index in [1.807, 2.05) is 18.2 Å². The second-order valence-corrected chi connectivity index (χ2v) is 5.09. The van der Waals surface area contributed by atoms with Gasteiger partial charge in [-0.1, -0.05) is 37.3 Å². The van der Waals surface area contributed by atoms with E-state index in [9.17, 15) is 13.2 Å². The molecule has 1 atom stereocenters. The summed E-state index contributed by atoms with van der Waals surface area (Å²) in [7, 11) is 2.58. The molecule has 0 heterocycles. The molecular weight excluding hydrogens is 263 g/mol. The van der Waals surface area contributed by atoms with E-state index in [-0.39, 0.29) is 6.42 Å². The van der Waals surface area contributed by atoms with E-state index in [1.54, 1.807) is 0 Å². The molecule has 1 nitrogen and oxygen atoms in total. The van der Waals surface area contributed by atoms with Crippen LogP contribution in [0, 0.1) is 5.92 Å². The van der Waals surface area contributed by atoms with Crippen molar-refractivity contribution in [2.24, 2.45) is 5.92 Å². The molecule has 0 radical (unpaired) electrons. The van der Waals surface area contributed by atoms with Crippen molar-refractivity contribution in [2.75, 3.05) is 20.8 Å². The third kappa shape index (κ3) is 9.84. The number of alkyl halides is 3. The second kappa shape index (κ2) is 11.8. The molecule has 0 fully saturated rings. The maximum Gasteiger partial charge on any atom is 0.238 e. The van der Waals surface area contributed by atoms with Gasteiger partial charge in [-0.2, -0.15) is 0 Å². The summed E-state index contributed by atoms with van der Waals surface area (Å²) in [5.41, 5.74) is 1.29. The number of benzene rings is 1. The third-order valence-electron chi connectivity index (χ3n) is 3.18. The normalized spacial score (nSPS) is 12.2. The minimum Gasteiger partial charge on any atom is -0.302 e. The van der Waals surface area contributed by atoms with Crippen LogP contribution in [0.3, 0.4) is 0 Å². The van der Waals surface area contributed by atoms with Crippen molar-refractivity contribution in [3.05, 3.63) is 35.9 Å². The molecule has 116 valence electrons. The quantitative estimate of drug-likeness (QED) is 0.666. The maximum absolute atomic E-state index is 12.1. The lowest BCUT2D eigenvalue weighted by Gasteiger charge is -2.19. The number of rotatable bonds is 8. The Morgan fingerprint density at radius 1 is 1.00 bits per heavy atom. The van der Waals surface area contributed by atoms with E-state index in [0.29, 0.717) is 19.5 Å². The number of hydrogen-bond acceptors (Lipinski definition) is 1. The summed E-state index contributed by atoms with van der Waals surface area (Å²) in [4.78, 5) is 2.24. The highest BCUT2D eigenvalue weighted by Gasteiger charge is 2.09. The molecule has 4 heteroatoms. The average molecular weight is 289 g/mol. The van der Waals surface area contributed by atoms with Crippen LogP contribution in [0.1, 0.15) is 31.7 Å². The standard InChI is InChI=1S/C15H23F2N.CH3F/c1-13(8-9-15(16)17)10-11-18(2)12-14-6-4-3-5-7-14;1-2/h3-7,13,15H,8-12H2,1-2H3;1H3. The minimum atomic E-state index is -2.16. The van der Waals surface area contributed by atoms with Crippen molar-refractivity contribution < 1.29 is 13.2 Å². The first-order chi connectivity index (χ1) is 9.58. The third-order valence-corrected chi connectivity index (χ3v) is 3.18. The largest absolute Gasteiger partial charge is 0.302 e. The van der Waals surface area contributed by atoms with Gasteiger partial charge in [0, 0.05) is 13.0 Å². The molecule has 1 aromatic carbocycles. The van der Waals surface area contributed by atoms with Crippen molar-refractivity contribution in [3.63, 3.8) is 0 Å². The predicted molar refractivity (Wildman–Crippen MR) is 78.8 cm³/mol. The summed E-state index contributed by atoms with van der Waals surface area (Å²) in [6, 6.07) is 10.3. The zero-order chi connectivity index (χ0) is 15.4. The summed E-state index contributed by atoms with van der Waals surface area (Å²) in [6.07, 6.45) is -0.522. The van der Waals surface area contributed by atoms with E-state index >= 15 is 0 Å². The van der Waals surface area contributed by atoms with Gasteiger partial charge in [-0.25, -0.2) is 8.78 Å². The minimum absolute atomic E-state index is 0.0313. The van der Waals surface area contributed by atoms with Gasteiger partial charge in [0.2, 0.25) is 6.43 Å². The van der Waals surface area contributed by atoms with Crippen LogP contribution in [0.4, 0.5) is 13.2 Å². The fraction of sp³-hybridized carbons (Fsp3) is 0.625. The van der Waals surface area contributed by atoms with Crippen LogP contribution in [-0.2, 0) is 6.54 Å². The average Bonchev–Trinajstić information content (AvgIpc) is 2.46. The summed E-state index contributed by atoms with van der Waals surface area (Å²) >= 11 is 0. The van der Waals surface area contributed by atoms with Crippen molar-refractivity contribution in [3.8, 4) is 0 Å². The van der Waals surface area contributed by atoms with Crippen molar-refractivity contribution in [2.45, 2.75) is 39.2 Å². The Labute approximate surface area is 120 Å². The monoisotopic (exact) mass is 289 g/mol. The fourth-order valence-electron chi connectivity index (χ4n) is 1.97. The molecular formula is C16H26F3N. The molecule has 20 heavy (non-hydrogen) atoms. The Morgan fingerprint density at radius 3 is 2.15 bits per heavy atom. The summed E-state index contributed by atoms with van der Waals surface area (Å²) in [5.74, 6) is 0.372. The van der Waals surface area contributed by atoms with Crippen LogP contribution < -0.4 is 0 Å². The molecule has 0 bridgehead atoms. The van der Waals surface area contributed by atoms with Crippen LogP contribution in [0.25, 0.3) is 0 Å². The summed E-state index contributed by atoms with van der Waals surface area (Å²) in [6.45, 7) is 3.93. The summed E-state index contributed by atoms with van der Waals surface area (Å²) in [5, 5.41) is 0. The first-order valence-electron chi connectivity index (χ1n) is 6.96. The Hall–Kier alpha value is -1.03. The van der Waals surface area contributed by atoms with Crippen molar-refractivity contribution in [1.82, 2.24) is 4.90 Å². The molecule has 0 spiro atoms. The molecule has 1 unspecified atom stereocenters. The zero-order valence-electron chi connectivity index (χ0n) is 12.7. The van der Waals surface area contributed by atoms with Gasteiger partial charge in [0.15, 0.2) is 0 Å². The molecule has 0 aromatic heterocycles. The molecule has 0 aliphatic carbocycles.